The van der Waals surface area contributed by atoms with Crippen LogP contribution < -0.4 is 5.32 Å². The maximum Gasteiger partial charge on any atom is 0.416 e. The summed E-state index contributed by atoms with van der Waals surface area (Å²) in [5.41, 5.74) is 0.405. The summed E-state index contributed by atoms with van der Waals surface area (Å²) in [7, 11) is 0. The Hall–Kier alpha value is -1.27. The van der Waals surface area contributed by atoms with E-state index in [0.717, 1.165) is 17.7 Å². The molecule has 0 saturated carbocycles. The van der Waals surface area contributed by atoms with Crippen molar-refractivity contribution in [1.82, 2.24) is 4.98 Å². The summed E-state index contributed by atoms with van der Waals surface area (Å²) in [6.45, 7) is 0.307. The molecule has 1 heterocycles. The summed E-state index contributed by atoms with van der Waals surface area (Å²) in [6.07, 6.45) is -1.31. The standard InChI is InChI=1S/C13H9BrClF3N2/c14-10-2-1-9(13(16,17)18)5-12(10)20-6-8-3-4-19-7-11(8)15/h1-5,7,20H,6H2. The van der Waals surface area contributed by atoms with E-state index in [1.54, 1.807) is 12.3 Å². The van der Waals surface area contributed by atoms with E-state index in [1.807, 2.05) is 0 Å². The van der Waals surface area contributed by atoms with Crippen LogP contribution >= 0.6 is 27.5 Å². The molecule has 0 fully saturated rings. The molecule has 0 atom stereocenters. The summed E-state index contributed by atoms with van der Waals surface area (Å²) in [6, 6.07) is 5.14. The first-order chi connectivity index (χ1) is 9.38. The Morgan fingerprint density at radius 1 is 1.25 bits per heavy atom. The first-order valence-electron chi connectivity index (χ1n) is 5.57. The molecule has 1 aromatic heterocycles. The van der Waals surface area contributed by atoms with E-state index < -0.39 is 11.7 Å². The van der Waals surface area contributed by atoms with Crippen molar-refractivity contribution in [2.24, 2.45) is 0 Å². The second-order valence-corrected chi connectivity index (χ2v) is 5.27. The predicted octanol–water partition coefficient (Wildman–Crippen LogP) is 5.13. The molecule has 20 heavy (non-hydrogen) atoms. The molecule has 1 aromatic carbocycles. The zero-order valence-corrected chi connectivity index (χ0v) is 12.4. The molecule has 0 amide bonds. The van der Waals surface area contributed by atoms with Crippen LogP contribution in [0.5, 0.6) is 0 Å². The molecule has 7 heteroatoms. The van der Waals surface area contributed by atoms with E-state index in [4.69, 9.17) is 11.6 Å². The van der Waals surface area contributed by atoms with Crippen molar-refractivity contribution in [2.75, 3.05) is 5.32 Å². The second-order valence-electron chi connectivity index (χ2n) is 4.01. The molecule has 1 N–H and O–H groups in total. The van der Waals surface area contributed by atoms with Gasteiger partial charge >= 0.3 is 6.18 Å². The fourth-order valence-corrected chi connectivity index (χ4v) is 2.15. The Bertz CT molecular complexity index is 617. The van der Waals surface area contributed by atoms with Crippen molar-refractivity contribution in [3.8, 4) is 0 Å². The lowest BCUT2D eigenvalue weighted by molar-refractivity contribution is -0.137. The van der Waals surface area contributed by atoms with Crippen molar-refractivity contribution in [1.29, 1.82) is 0 Å². The topological polar surface area (TPSA) is 24.9 Å². The fraction of sp³-hybridized carbons (Fsp3) is 0.154. The summed E-state index contributed by atoms with van der Waals surface area (Å²) in [4.78, 5) is 3.85. The zero-order chi connectivity index (χ0) is 14.8. The van der Waals surface area contributed by atoms with Crippen LogP contribution in [0.15, 0.2) is 41.1 Å². The number of nitrogens with one attached hydrogen (secondary N) is 1. The number of nitrogens with zero attached hydrogens (tertiary/aromatic N) is 1. The van der Waals surface area contributed by atoms with E-state index in [-0.39, 0.29) is 0 Å². The number of hydrogen-bond acceptors (Lipinski definition) is 2. The maximum absolute atomic E-state index is 12.7. The van der Waals surface area contributed by atoms with Gasteiger partial charge in [-0.25, -0.2) is 0 Å². The number of hydrogen-bond donors (Lipinski definition) is 1. The highest BCUT2D eigenvalue weighted by atomic mass is 79.9. The van der Waals surface area contributed by atoms with Gasteiger partial charge in [0.2, 0.25) is 0 Å². The highest BCUT2D eigenvalue weighted by Crippen LogP contribution is 2.34. The van der Waals surface area contributed by atoms with Gasteiger partial charge in [-0.2, -0.15) is 13.2 Å². The van der Waals surface area contributed by atoms with Crippen LogP contribution in [0.25, 0.3) is 0 Å². The van der Waals surface area contributed by atoms with Crippen molar-refractivity contribution >= 4 is 33.2 Å². The molecule has 0 unspecified atom stereocenters. The lowest BCUT2D eigenvalue weighted by Crippen LogP contribution is -2.07. The van der Waals surface area contributed by atoms with Gasteiger partial charge < -0.3 is 5.32 Å². The van der Waals surface area contributed by atoms with Gasteiger partial charge in [-0.1, -0.05) is 11.6 Å². The number of pyridine rings is 1. The average Bonchev–Trinajstić information content (AvgIpc) is 2.38. The number of aromatic nitrogens is 1. The first kappa shape index (κ1) is 15.1. The molecule has 2 nitrogen and oxygen atoms in total. The van der Waals surface area contributed by atoms with E-state index in [2.05, 4.69) is 26.2 Å². The minimum absolute atomic E-state index is 0.307. The Labute approximate surface area is 127 Å². The number of benzene rings is 1. The third-order valence-electron chi connectivity index (χ3n) is 2.62. The van der Waals surface area contributed by atoms with Crippen molar-refractivity contribution in [3.63, 3.8) is 0 Å². The zero-order valence-electron chi connectivity index (χ0n) is 10.0. The molecule has 0 saturated heterocycles. The number of alkyl halides is 3. The molecular formula is C13H9BrClF3N2. The molecule has 2 aromatic rings. The quantitative estimate of drug-likeness (QED) is 0.816. The Balaban J connectivity index is 2.19. The van der Waals surface area contributed by atoms with Gasteiger partial charge in [0, 0.05) is 29.1 Å². The van der Waals surface area contributed by atoms with E-state index in [1.165, 1.54) is 12.3 Å². The summed E-state index contributed by atoms with van der Waals surface area (Å²) >= 11 is 9.15. The van der Waals surface area contributed by atoms with Gasteiger partial charge in [0.15, 0.2) is 0 Å². The molecule has 0 aliphatic heterocycles. The molecule has 0 aliphatic carbocycles. The number of rotatable bonds is 3. The summed E-state index contributed by atoms with van der Waals surface area (Å²) < 4.78 is 38.5. The van der Waals surface area contributed by atoms with Gasteiger partial charge in [0.05, 0.1) is 10.6 Å². The average molecular weight is 366 g/mol. The van der Waals surface area contributed by atoms with Gasteiger partial charge in [0.25, 0.3) is 0 Å². The number of halogens is 5. The molecule has 106 valence electrons. The van der Waals surface area contributed by atoms with Gasteiger partial charge in [-0.15, -0.1) is 0 Å². The normalized spacial score (nSPS) is 11.4. The van der Waals surface area contributed by atoms with Crippen LogP contribution in [0.3, 0.4) is 0 Å². The largest absolute Gasteiger partial charge is 0.416 e. The highest BCUT2D eigenvalue weighted by Gasteiger charge is 2.30. The molecule has 0 aliphatic rings. The van der Waals surface area contributed by atoms with Crippen molar-refractivity contribution < 1.29 is 13.2 Å². The van der Waals surface area contributed by atoms with Crippen molar-refractivity contribution in [3.05, 3.63) is 57.3 Å². The van der Waals surface area contributed by atoms with E-state index in [0.29, 0.717) is 21.7 Å². The van der Waals surface area contributed by atoms with Crippen LogP contribution in [0.2, 0.25) is 5.02 Å². The van der Waals surface area contributed by atoms with E-state index in [9.17, 15) is 13.2 Å². The minimum atomic E-state index is -4.37. The maximum atomic E-state index is 12.7. The molecular weight excluding hydrogens is 357 g/mol. The molecule has 2 rings (SSSR count). The van der Waals surface area contributed by atoms with Gasteiger partial charge in [-0.05, 0) is 45.8 Å². The van der Waals surface area contributed by atoms with Crippen molar-refractivity contribution in [2.45, 2.75) is 12.7 Å². The summed E-state index contributed by atoms with van der Waals surface area (Å²) in [5.74, 6) is 0. The molecule has 0 spiro atoms. The Kier molecular flexibility index (Phi) is 4.55. The van der Waals surface area contributed by atoms with Crippen LogP contribution in [-0.2, 0) is 12.7 Å². The van der Waals surface area contributed by atoms with Crippen LogP contribution in [-0.4, -0.2) is 4.98 Å². The smallest absolute Gasteiger partial charge is 0.380 e. The number of anilines is 1. The minimum Gasteiger partial charge on any atom is -0.380 e. The van der Waals surface area contributed by atoms with Crippen LogP contribution in [0, 0.1) is 0 Å². The van der Waals surface area contributed by atoms with Crippen LogP contribution in [0.1, 0.15) is 11.1 Å². The van der Waals surface area contributed by atoms with E-state index >= 15 is 0 Å². The monoisotopic (exact) mass is 364 g/mol. The SMILES string of the molecule is FC(F)(F)c1ccc(Br)c(NCc2ccncc2Cl)c1. The van der Waals surface area contributed by atoms with Gasteiger partial charge in [-0.3, -0.25) is 4.98 Å². The first-order valence-corrected chi connectivity index (χ1v) is 6.74. The third kappa shape index (κ3) is 3.64. The second kappa shape index (κ2) is 6.01. The van der Waals surface area contributed by atoms with Gasteiger partial charge in [0.1, 0.15) is 0 Å². The summed E-state index contributed by atoms with van der Waals surface area (Å²) in [5, 5.41) is 3.38. The third-order valence-corrected chi connectivity index (χ3v) is 3.65. The Morgan fingerprint density at radius 2 is 2.00 bits per heavy atom. The van der Waals surface area contributed by atoms with Crippen LogP contribution in [0.4, 0.5) is 18.9 Å². The molecule has 0 bridgehead atoms. The Morgan fingerprint density at radius 3 is 2.65 bits per heavy atom. The highest BCUT2D eigenvalue weighted by molar-refractivity contribution is 9.10. The lowest BCUT2D eigenvalue weighted by atomic mass is 10.2. The fourth-order valence-electron chi connectivity index (χ4n) is 1.57. The molecule has 0 radical (unpaired) electrons. The lowest BCUT2D eigenvalue weighted by Gasteiger charge is -2.13. The predicted molar refractivity (Wildman–Crippen MR) is 75.7 cm³/mol.